The minimum Gasteiger partial charge on any atom is -0.393 e. The summed E-state index contributed by atoms with van der Waals surface area (Å²) in [5, 5.41) is 9.80. The summed E-state index contributed by atoms with van der Waals surface area (Å²) in [7, 11) is -3.73. The van der Waals surface area contributed by atoms with Gasteiger partial charge in [-0.1, -0.05) is 26.8 Å². The Morgan fingerprint density at radius 1 is 1.37 bits per heavy atom. The number of aliphatic hydroxyl groups is 1. The fourth-order valence-electron chi connectivity index (χ4n) is 1.48. The van der Waals surface area contributed by atoms with Crippen molar-refractivity contribution in [1.29, 1.82) is 0 Å². The smallest absolute Gasteiger partial charge is 0.240 e. The van der Waals surface area contributed by atoms with Crippen LogP contribution in [0.2, 0.25) is 0 Å². The van der Waals surface area contributed by atoms with Gasteiger partial charge in [0.05, 0.1) is 11.0 Å². The molecular formula is C13H20FNO3S. The van der Waals surface area contributed by atoms with Crippen molar-refractivity contribution in [3.63, 3.8) is 0 Å². The topological polar surface area (TPSA) is 66.4 Å². The zero-order valence-corrected chi connectivity index (χ0v) is 12.2. The predicted octanol–water partition coefficient (Wildman–Crippen LogP) is 1.90. The van der Waals surface area contributed by atoms with Crippen LogP contribution in [0.1, 0.15) is 27.2 Å². The zero-order chi connectivity index (χ0) is 14.7. The molecule has 0 aliphatic rings. The van der Waals surface area contributed by atoms with E-state index in [0.29, 0.717) is 6.42 Å². The normalized spacial score (nSPS) is 14.4. The maximum Gasteiger partial charge on any atom is 0.240 e. The first-order valence-corrected chi connectivity index (χ1v) is 7.54. The number of nitrogens with one attached hydrogen (secondary N) is 1. The van der Waals surface area contributed by atoms with Crippen molar-refractivity contribution in [3.8, 4) is 0 Å². The Hall–Kier alpha value is -0.980. The summed E-state index contributed by atoms with van der Waals surface area (Å²) in [6, 6.07) is 4.81. The summed E-state index contributed by atoms with van der Waals surface area (Å²) >= 11 is 0. The molecule has 1 aromatic rings. The van der Waals surface area contributed by atoms with Crippen molar-refractivity contribution < 1.29 is 17.9 Å². The lowest BCUT2D eigenvalue weighted by Gasteiger charge is -2.25. The average molecular weight is 289 g/mol. The van der Waals surface area contributed by atoms with Gasteiger partial charge in [0.25, 0.3) is 0 Å². The lowest BCUT2D eigenvalue weighted by molar-refractivity contribution is 0.0571. The Bertz CT molecular complexity index is 523. The van der Waals surface area contributed by atoms with E-state index in [1.807, 2.05) is 20.8 Å². The molecule has 0 aliphatic carbocycles. The van der Waals surface area contributed by atoms with E-state index in [-0.39, 0.29) is 16.9 Å². The minimum atomic E-state index is -3.73. The molecule has 0 saturated heterocycles. The van der Waals surface area contributed by atoms with E-state index in [1.54, 1.807) is 0 Å². The Balaban J connectivity index is 2.62. The lowest BCUT2D eigenvalue weighted by Crippen LogP contribution is -2.32. The summed E-state index contributed by atoms with van der Waals surface area (Å²) in [6.45, 7) is 5.73. The molecule has 108 valence electrons. The molecule has 19 heavy (non-hydrogen) atoms. The fraction of sp³-hybridized carbons (Fsp3) is 0.538. The Kier molecular flexibility index (Phi) is 5.06. The van der Waals surface area contributed by atoms with E-state index in [1.165, 1.54) is 18.2 Å². The minimum absolute atomic E-state index is 0.108. The highest BCUT2D eigenvalue weighted by molar-refractivity contribution is 7.89. The SMILES string of the molecule is CC(C)(C)C(O)CCNS(=O)(=O)c1cccc(F)c1. The van der Waals surface area contributed by atoms with E-state index in [4.69, 9.17) is 0 Å². The van der Waals surface area contributed by atoms with Gasteiger partial charge in [0, 0.05) is 6.54 Å². The van der Waals surface area contributed by atoms with Crippen molar-refractivity contribution in [2.24, 2.45) is 5.41 Å². The van der Waals surface area contributed by atoms with Gasteiger partial charge in [0.1, 0.15) is 5.82 Å². The van der Waals surface area contributed by atoms with Gasteiger partial charge in [-0.25, -0.2) is 17.5 Å². The Morgan fingerprint density at radius 2 is 2.00 bits per heavy atom. The van der Waals surface area contributed by atoms with E-state index < -0.39 is 21.9 Å². The second kappa shape index (κ2) is 5.98. The highest BCUT2D eigenvalue weighted by atomic mass is 32.2. The highest BCUT2D eigenvalue weighted by Crippen LogP contribution is 2.21. The highest BCUT2D eigenvalue weighted by Gasteiger charge is 2.22. The summed E-state index contributed by atoms with van der Waals surface area (Å²) in [6.07, 6.45) is -0.305. The monoisotopic (exact) mass is 289 g/mol. The first-order chi connectivity index (χ1) is 8.63. The molecule has 1 rings (SSSR count). The molecular weight excluding hydrogens is 269 g/mol. The quantitative estimate of drug-likeness (QED) is 0.870. The predicted molar refractivity (Wildman–Crippen MR) is 71.7 cm³/mol. The molecule has 1 aromatic carbocycles. The maximum absolute atomic E-state index is 13.0. The number of aliphatic hydroxyl groups excluding tert-OH is 1. The van der Waals surface area contributed by atoms with E-state index in [2.05, 4.69) is 4.72 Å². The second-order valence-corrected chi connectivity index (χ2v) is 7.29. The molecule has 0 aliphatic heterocycles. The molecule has 0 heterocycles. The summed E-state index contributed by atoms with van der Waals surface area (Å²) in [5.41, 5.74) is -0.301. The van der Waals surface area contributed by atoms with Gasteiger partial charge >= 0.3 is 0 Å². The Morgan fingerprint density at radius 3 is 2.53 bits per heavy atom. The van der Waals surface area contributed by atoms with Crippen LogP contribution in [-0.4, -0.2) is 26.2 Å². The molecule has 0 radical (unpaired) electrons. The fourth-order valence-corrected chi connectivity index (χ4v) is 2.56. The zero-order valence-electron chi connectivity index (χ0n) is 11.4. The van der Waals surface area contributed by atoms with Crippen LogP contribution in [0.3, 0.4) is 0 Å². The summed E-state index contributed by atoms with van der Waals surface area (Å²) in [4.78, 5) is -0.113. The molecule has 0 amide bonds. The van der Waals surface area contributed by atoms with Crippen LogP contribution < -0.4 is 4.72 Å². The maximum atomic E-state index is 13.0. The van der Waals surface area contributed by atoms with Crippen LogP contribution in [0.5, 0.6) is 0 Å². The third-order valence-electron chi connectivity index (χ3n) is 2.82. The van der Waals surface area contributed by atoms with E-state index >= 15 is 0 Å². The summed E-state index contributed by atoms with van der Waals surface area (Å²) < 4.78 is 39.0. The van der Waals surface area contributed by atoms with Gasteiger partial charge in [0.15, 0.2) is 0 Å². The van der Waals surface area contributed by atoms with Crippen LogP contribution in [0.15, 0.2) is 29.2 Å². The van der Waals surface area contributed by atoms with Crippen molar-refractivity contribution in [2.45, 2.75) is 38.2 Å². The number of halogens is 1. The van der Waals surface area contributed by atoms with Gasteiger partial charge < -0.3 is 5.11 Å². The van der Waals surface area contributed by atoms with Crippen LogP contribution in [-0.2, 0) is 10.0 Å². The standard InChI is InChI=1S/C13H20FNO3S/c1-13(2,3)12(16)7-8-15-19(17,18)11-6-4-5-10(14)9-11/h4-6,9,12,15-16H,7-8H2,1-3H3. The first-order valence-electron chi connectivity index (χ1n) is 6.06. The number of benzene rings is 1. The van der Waals surface area contributed by atoms with Crippen LogP contribution in [0, 0.1) is 11.2 Å². The van der Waals surface area contributed by atoms with Gasteiger partial charge in [0.2, 0.25) is 10.0 Å². The molecule has 0 saturated carbocycles. The number of sulfonamides is 1. The van der Waals surface area contributed by atoms with Crippen LogP contribution in [0.4, 0.5) is 4.39 Å². The molecule has 4 nitrogen and oxygen atoms in total. The molecule has 0 spiro atoms. The third-order valence-corrected chi connectivity index (χ3v) is 4.27. The van der Waals surface area contributed by atoms with E-state index in [9.17, 15) is 17.9 Å². The lowest BCUT2D eigenvalue weighted by atomic mass is 9.87. The Labute approximate surface area is 113 Å². The molecule has 6 heteroatoms. The van der Waals surface area contributed by atoms with E-state index in [0.717, 1.165) is 6.07 Å². The molecule has 0 fully saturated rings. The van der Waals surface area contributed by atoms with Crippen LogP contribution in [0.25, 0.3) is 0 Å². The number of hydrogen-bond acceptors (Lipinski definition) is 3. The van der Waals surface area contributed by atoms with Gasteiger partial charge in [-0.05, 0) is 30.0 Å². The van der Waals surface area contributed by atoms with Crippen molar-refractivity contribution in [2.75, 3.05) is 6.54 Å². The average Bonchev–Trinajstić information content (AvgIpc) is 2.27. The van der Waals surface area contributed by atoms with Crippen molar-refractivity contribution >= 4 is 10.0 Å². The van der Waals surface area contributed by atoms with Crippen molar-refractivity contribution in [3.05, 3.63) is 30.1 Å². The van der Waals surface area contributed by atoms with Crippen molar-refractivity contribution in [1.82, 2.24) is 4.72 Å². The van der Waals surface area contributed by atoms with Gasteiger partial charge in [-0.15, -0.1) is 0 Å². The largest absolute Gasteiger partial charge is 0.393 e. The summed E-state index contributed by atoms with van der Waals surface area (Å²) in [5.74, 6) is -0.599. The number of rotatable bonds is 5. The number of hydrogen-bond donors (Lipinski definition) is 2. The van der Waals surface area contributed by atoms with Crippen LogP contribution >= 0.6 is 0 Å². The second-order valence-electron chi connectivity index (χ2n) is 5.53. The molecule has 2 N–H and O–H groups in total. The molecule has 0 aromatic heterocycles. The molecule has 1 atom stereocenters. The molecule has 1 unspecified atom stereocenters. The van der Waals surface area contributed by atoms with Gasteiger partial charge in [-0.3, -0.25) is 0 Å². The van der Waals surface area contributed by atoms with Gasteiger partial charge in [-0.2, -0.15) is 0 Å². The molecule has 0 bridgehead atoms. The third kappa shape index (κ3) is 4.89. The first kappa shape index (κ1) is 16.1.